The van der Waals surface area contributed by atoms with Gasteiger partial charge in [-0.1, -0.05) is 11.6 Å². The molecule has 2 atom stereocenters. The lowest BCUT2D eigenvalue weighted by Crippen LogP contribution is -2.57. The van der Waals surface area contributed by atoms with Crippen molar-refractivity contribution in [3.8, 4) is 17.2 Å². The van der Waals surface area contributed by atoms with Crippen LogP contribution in [0.4, 0.5) is 22.0 Å². The Hall–Kier alpha value is -3.32. The van der Waals surface area contributed by atoms with Crippen molar-refractivity contribution in [1.82, 2.24) is 24.7 Å². The average Bonchev–Trinajstić information content (AvgIpc) is 3.59. The van der Waals surface area contributed by atoms with Crippen molar-refractivity contribution in [1.29, 1.82) is 5.26 Å². The van der Waals surface area contributed by atoms with E-state index in [9.17, 15) is 37.4 Å². The van der Waals surface area contributed by atoms with Crippen LogP contribution in [0.5, 0.6) is 0 Å². The average molecular weight is 667 g/mol. The molecule has 0 aliphatic carbocycles. The Morgan fingerprint density at radius 1 is 1.16 bits per heavy atom. The van der Waals surface area contributed by atoms with Gasteiger partial charge in [0.1, 0.15) is 6.23 Å². The summed E-state index contributed by atoms with van der Waals surface area (Å²) in [7, 11) is 0. The first kappa shape index (κ1) is 31.7. The molecule has 0 spiro atoms. The van der Waals surface area contributed by atoms with Crippen molar-refractivity contribution in [2.75, 3.05) is 19.6 Å². The second-order valence-corrected chi connectivity index (χ2v) is 12.9. The number of hydrogen-bond acceptors (Lipinski definition) is 8. The van der Waals surface area contributed by atoms with Crippen molar-refractivity contribution in [2.45, 2.75) is 51.1 Å². The molecule has 2 aliphatic rings. The summed E-state index contributed by atoms with van der Waals surface area (Å²) >= 11 is 7.74. The van der Waals surface area contributed by atoms with Gasteiger partial charge >= 0.3 is 6.18 Å². The summed E-state index contributed by atoms with van der Waals surface area (Å²) < 4.78 is 70.2. The van der Waals surface area contributed by atoms with Crippen LogP contribution in [-0.2, 0) is 13.1 Å². The Morgan fingerprint density at radius 2 is 1.91 bits per heavy atom. The molecule has 3 N–H and O–H groups in total. The number of aromatic nitrogens is 2. The molecular formula is C30H28ClF5N6O2S. The molecule has 45 heavy (non-hydrogen) atoms. The van der Waals surface area contributed by atoms with Crippen LogP contribution < -0.4 is 5.32 Å². The number of piperidine rings is 1. The molecule has 3 aromatic heterocycles. The molecule has 1 fully saturated rings. The highest BCUT2D eigenvalue weighted by Crippen LogP contribution is 2.42. The highest BCUT2D eigenvalue weighted by Gasteiger charge is 2.47. The largest absolute Gasteiger partial charge is 0.417 e. The van der Waals surface area contributed by atoms with Gasteiger partial charge in [-0.2, -0.15) is 18.4 Å². The van der Waals surface area contributed by atoms with E-state index < -0.39 is 42.7 Å². The fraction of sp³-hybridized carbons (Fsp3) is 0.400. The number of aliphatic hydroxyl groups excluding tert-OH is 2. The molecule has 1 aromatic carbocycles. The quantitative estimate of drug-likeness (QED) is 0.212. The molecule has 0 bridgehead atoms. The Morgan fingerprint density at radius 3 is 2.60 bits per heavy atom. The zero-order valence-corrected chi connectivity index (χ0v) is 25.2. The van der Waals surface area contributed by atoms with Crippen LogP contribution in [0.2, 0.25) is 5.02 Å². The normalized spacial score (nSPS) is 21.1. The van der Waals surface area contributed by atoms with Gasteiger partial charge in [0.2, 0.25) is 0 Å². The summed E-state index contributed by atoms with van der Waals surface area (Å²) in [5.74, 6) is 0. The maximum atomic E-state index is 13.7. The Balaban J connectivity index is 1.39. The molecular weight excluding hydrogens is 639 g/mol. The number of nitriles is 1. The van der Waals surface area contributed by atoms with E-state index in [1.54, 1.807) is 18.3 Å². The number of benzene rings is 1. The van der Waals surface area contributed by atoms with Crippen LogP contribution >= 0.6 is 22.9 Å². The van der Waals surface area contributed by atoms with Crippen molar-refractivity contribution in [2.24, 2.45) is 5.41 Å². The second kappa shape index (κ2) is 12.1. The number of thiophene rings is 1. The third kappa shape index (κ3) is 6.13. The van der Waals surface area contributed by atoms with E-state index >= 15 is 0 Å². The van der Waals surface area contributed by atoms with Gasteiger partial charge in [0.05, 0.1) is 39.3 Å². The molecule has 0 radical (unpaired) electrons. The number of aliphatic hydroxyl groups is 2. The third-order valence-corrected chi connectivity index (χ3v) is 9.71. The lowest BCUT2D eigenvalue weighted by molar-refractivity contribution is -0.198. The zero-order chi connectivity index (χ0) is 32.1. The minimum atomic E-state index is -5.02. The molecule has 5 heterocycles. The maximum absolute atomic E-state index is 13.7. The van der Waals surface area contributed by atoms with Crippen LogP contribution in [-0.4, -0.2) is 74.4 Å². The molecule has 6 rings (SSSR count). The SMILES string of the molecule is N#CC1(Cn2ccc3cc(Cl)cc(-c4ccnc5cc(CN6C(O)C(C(F)(F)F)=CN(CC(F)F)C6O)sc45)c32)CCNCC1. The predicted molar refractivity (Wildman–Crippen MR) is 160 cm³/mol. The van der Waals surface area contributed by atoms with Crippen molar-refractivity contribution >= 4 is 44.1 Å². The summed E-state index contributed by atoms with van der Waals surface area (Å²) in [6, 6.07) is 11.6. The van der Waals surface area contributed by atoms with Gasteiger partial charge in [-0.25, -0.2) is 13.7 Å². The number of nitrogens with zero attached hydrogens (tertiary/aromatic N) is 5. The van der Waals surface area contributed by atoms with Gasteiger partial charge in [0.25, 0.3) is 6.43 Å². The first-order valence-corrected chi connectivity index (χ1v) is 15.3. The van der Waals surface area contributed by atoms with E-state index in [4.69, 9.17) is 11.6 Å². The topological polar surface area (TPSA) is 101 Å². The summed E-state index contributed by atoms with van der Waals surface area (Å²) in [6.45, 7) is 0.429. The molecule has 2 aliphatic heterocycles. The van der Waals surface area contributed by atoms with Gasteiger partial charge in [-0.05, 0) is 56.3 Å². The number of alkyl halides is 5. The standard InChI is InChI=1S/C30H28ClF5N6O2S/c31-18-9-17-2-8-40(16-29(15-37)3-6-38-7-4-29)25(17)21(10-18)20-1-5-39-23-11-19(45-26(20)23)12-42-27(43)22(30(34,35)36)13-41(28(42)44)14-24(32)33/h1-2,5,8-11,13,24,27-28,38,43-44H,3-4,6-7,12,14,16H2. The molecule has 1 saturated heterocycles. The number of halogens is 6. The van der Waals surface area contributed by atoms with Crippen LogP contribution in [0.15, 0.2) is 54.5 Å². The number of hydrogen-bond donors (Lipinski definition) is 3. The monoisotopic (exact) mass is 666 g/mol. The molecule has 2 unspecified atom stereocenters. The first-order valence-electron chi connectivity index (χ1n) is 14.1. The zero-order valence-electron chi connectivity index (χ0n) is 23.6. The highest BCUT2D eigenvalue weighted by molar-refractivity contribution is 7.19. The summed E-state index contributed by atoms with van der Waals surface area (Å²) in [5, 5.41) is 36.1. The van der Waals surface area contributed by atoms with E-state index in [2.05, 4.69) is 20.9 Å². The molecule has 15 heteroatoms. The van der Waals surface area contributed by atoms with E-state index in [0.29, 0.717) is 55.5 Å². The minimum absolute atomic E-state index is 0.336. The number of fused-ring (bicyclic) bond motifs is 2. The van der Waals surface area contributed by atoms with E-state index in [-0.39, 0.29) is 6.54 Å². The molecule has 0 saturated carbocycles. The smallest absolute Gasteiger partial charge is 0.374 e. The van der Waals surface area contributed by atoms with Crippen LogP contribution in [0.25, 0.3) is 32.2 Å². The Bertz CT molecular complexity index is 1800. The minimum Gasteiger partial charge on any atom is -0.374 e. The van der Waals surface area contributed by atoms with Gasteiger partial charge < -0.3 is 25.0 Å². The Kier molecular flexibility index (Phi) is 8.53. The first-order chi connectivity index (χ1) is 21.4. The number of rotatable bonds is 7. The fourth-order valence-corrected chi connectivity index (χ4v) is 7.52. The highest BCUT2D eigenvalue weighted by atomic mass is 35.5. The third-order valence-electron chi connectivity index (χ3n) is 8.35. The molecule has 8 nitrogen and oxygen atoms in total. The van der Waals surface area contributed by atoms with Crippen LogP contribution in [0.1, 0.15) is 17.7 Å². The van der Waals surface area contributed by atoms with E-state index in [1.165, 1.54) is 11.3 Å². The van der Waals surface area contributed by atoms with E-state index in [0.717, 1.165) is 35.1 Å². The molecule has 238 valence electrons. The number of pyridine rings is 1. The molecule has 0 amide bonds. The predicted octanol–water partition coefficient (Wildman–Crippen LogP) is 5.89. The lowest BCUT2D eigenvalue weighted by Gasteiger charge is -2.43. The number of nitrogens with one attached hydrogen (secondary N) is 1. The van der Waals surface area contributed by atoms with Crippen molar-refractivity contribution < 1.29 is 32.2 Å². The second-order valence-electron chi connectivity index (χ2n) is 11.3. The van der Waals surface area contributed by atoms with Gasteiger partial charge in [-0.3, -0.25) is 4.98 Å². The van der Waals surface area contributed by atoms with Crippen molar-refractivity contribution in [3.05, 3.63) is 64.4 Å². The maximum Gasteiger partial charge on any atom is 0.417 e. The van der Waals surface area contributed by atoms with Gasteiger partial charge in [-0.15, -0.1) is 11.3 Å². The summed E-state index contributed by atoms with van der Waals surface area (Å²) in [4.78, 5) is 6.04. The van der Waals surface area contributed by atoms with Gasteiger partial charge in [0.15, 0.2) is 6.35 Å². The van der Waals surface area contributed by atoms with Crippen molar-refractivity contribution in [3.63, 3.8) is 0 Å². The van der Waals surface area contributed by atoms with Crippen LogP contribution in [0.3, 0.4) is 0 Å². The van der Waals surface area contributed by atoms with Gasteiger partial charge in [0, 0.05) is 58.1 Å². The van der Waals surface area contributed by atoms with Crippen LogP contribution in [0, 0.1) is 16.7 Å². The summed E-state index contributed by atoms with van der Waals surface area (Å²) in [5.41, 5.74) is 0.889. The Labute approximate surface area is 263 Å². The lowest BCUT2D eigenvalue weighted by atomic mass is 9.80. The fourth-order valence-electron chi connectivity index (χ4n) is 6.15. The summed E-state index contributed by atoms with van der Waals surface area (Å²) in [6.07, 6.45) is -6.99. The molecule has 4 aromatic rings. The van der Waals surface area contributed by atoms with E-state index in [1.807, 2.05) is 24.4 Å².